The smallest absolute Gasteiger partial charge is 0.256 e. The Bertz CT molecular complexity index is 695. The molecule has 25 heavy (non-hydrogen) atoms. The van der Waals surface area contributed by atoms with E-state index in [-0.39, 0.29) is 5.91 Å². The van der Waals surface area contributed by atoms with Gasteiger partial charge in [0, 0.05) is 56.0 Å². The first kappa shape index (κ1) is 17.4. The average Bonchev–Trinajstić information content (AvgIpc) is 2.98. The molecule has 1 saturated heterocycles. The summed E-state index contributed by atoms with van der Waals surface area (Å²) in [6, 6.07) is 4.53. The highest BCUT2D eigenvalue weighted by molar-refractivity contribution is 5.93. The lowest BCUT2D eigenvalue weighted by Crippen LogP contribution is -2.32. The lowest BCUT2D eigenvalue weighted by atomic mass is 9.93. The number of hydrazine groups is 1. The van der Waals surface area contributed by atoms with E-state index in [4.69, 9.17) is 0 Å². The topological polar surface area (TPSA) is 83.0 Å². The molecule has 2 aromatic rings. The molecule has 0 aromatic carbocycles. The molecule has 1 fully saturated rings. The lowest BCUT2D eigenvalue weighted by molar-refractivity contribution is 0.0784. The second-order valence-corrected chi connectivity index (χ2v) is 6.58. The fraction of sp³-hybridized carbons (Fsp3) is 0.444. The van der Waals surface area contributed by atoms with Crippen molar-refractivity contribution in [2.45, 2.75) is 32.4 Å². The number of hydrogen-bond donors (Lipinski definition) is 2. The van der Waals surface area contributed by atoms with Crippen molar-refractivity contribution in [1.82, 2.24) is 30.7 Å². The summed E-state index contributed by atoms with van der Waals surface area (Å²) in [5, 5.41) is 0. The maximum atomic E-state index is 12.6. The van der Waals surface area contributed by atoms with Crippen LogP contribution in [0, 0.1) is 5.92 Å². The minimum absolute atomic E-state index is 0.0584. The van der Waals surface area contributed by atoms with Crippen LogP contribution in [0.5, 0.6) is 0 Å². The summed E-state index contributed by atoms with van der Waals surface area (Å²) in [6.45, 7) is 5.02. The maximum absolute atomic E-state index is 12.6. The Balaban J connectivity index is 1.60. The number of nitrogens with zero attached hydrogens (tertiary/aromatic N) is 4. The van der Waals surface area contributed by atoms with Crippen LogP contribution in [0.15, 0.2) is 36.9 Å². The van der Waals surface area contributed by atoms with Crippen molar-refractivity contribution in [2.75, 3.05) is 13.6 Å². The van der Waals surface area contributed by atoms with Crippen molar-refractivity contribution in [2.24, 2.45) is 5.92 Å². The third-order valence-corrected chi connectivity index (χ3v) is 4.79. The van der Waals surface area contributed by atoms with E-state index in [1.54, 1.807) is 29.7 Å². The second kappa shape index (κ2) is 7.67. The average molecular weight is 340 g/mol. The summed E-state index contributed by atoms with van der Waals surface area (Å²) in [5.41, 5.74) is 7.83. The zero-order chi connectivity index (χ0) is 17.8. The van der Waals surface area contributed by atoms with Crippen LogP contribution in [-0.2, 0) is 0 Å². The number of amides is 1. The minimum atomic E-state index is -0.0584. The van der Waals surface area contributed by atoms with Gasteiger partial charge in [-0.05, 0) is 38.3 Å². The van der Waals surface area contributed by atoms with Crippen molar-refractivity contribution in [3.8, 4) is 11.4 Å². The summed E-state index contributed by atoms with van der Waals surface area (Å²) in [6.07, 6.45) is 7.51. The van der Waals surface area contributed by atoms with Gasteiger partial charge in [-0.3, -0.25) is 20.6 Å². The molecule has 0 aliphatic carbocycles. The van der Waals surface area contributed by atoms with Crippen molar-refractivity contribution < 1.29 is 4.79 Å². The van der Waals surface area contributed by atoms with Gasteiger partial charge in [0.1, 0.15) is 0 Å². The van der Waals surface area contributed by atoms with E-state index in [0.29, 0.717) is 35.9 Å². The SMILES string of the molecule is CC1NNC(C)C1CCN(C)C(=O)c1cnc(-c2cccnc2)nc1. The molecule has 3 rings (SSSR count). The molecule has 1 aliphatic heterocycles. The summed E-state index contributed by atoms with van der Waals surface area (Å²) >= 11 is 0. The molecular formula is C18H24N6O. The van der Waals surface area contributed by atoms with Gasteiger partial charge in [-0.2, -0.15) is 0 Å². The fourth-order valence-corrected chi connectivity index (χ4v) is 3.16. The van der Waals surface area contributed by atoms with E-state index in [1.807, 2.05) is 19.2 Å². The Hall–Kier alpha value is -2.38. The van der Waals surface area contributed by atoms with Gasteiger partial charge < -0.3 is 4.90 Å². The summed E-state index contributed by atoms with van der Waals surface area (Å²) in [7, 11) is 1.82. The number of hydrogen-bond acceptors (Lipinski definition) is 6. The lowest BCUT2D eigenvalue weighted by Gasteiger charge is -2.22. The van der Waals surface area contributed by atoms with Gasteiger partial charge in [0.2, 0.25) is 0 Å². The predicted octanol–water partition coefficient (Wildman–Crippen LogP) is 1.50. The van der Waals surface area contributed by atoms with Gasteiger partial charge in [0.15, 0.2) is 5.82 Å². The molecule has 0 radical (unpaired) electrons. The van der Waals surface area contributed by atoms with Crippen molar-refractivity contribution >= 4 is 5.91 Å². The minimum Gasteiger partial charge on any atom is -0.342 e. The highest BCUT2D eigenvalue weighted by Gasteiger charge is 2.29. The van der Waals surface area contributed by atoms with E-state index in [1.165, 1.54) is 0 Å². The Morgan fingerprint density at radius 1 is 1.16 bits per heavy atom. The highest BCUT2D eigenvalue weighted by atomic mass is 16.2. The Morgan fingerprint density at radius 2 is 1.84 bits per heavy atom. The van der Waals surface area contributed by atoms with Crippen LogP contribution in [-0.4, -0.2) is 51.4 Å². The number of carbonyl (C=O) groups excluding carboxylic acids is 1. The second-order valence-electron chi connectivity index (χ2n) is 6.58. The molecule has 0 saturated carbocycles. The summed E-state index contributed by atoms with van der Waals surface area (Å²) < 4.78 is 0. The van der Waals surface area contributed by atoms with Gasteiger partial charge in [-0.25, -0.2) is 9.97 Å². The van der Waals surface area contributed by atoms with Gasteiger partial charge in [0.25, 0.3) is 5.91 Å². The van der Waals surface area contributed by atoms with Crippen LogP contribution in [0.3, 0.4) is 0 Å². The van der Waals surface area contributed by atoms with E-state index >= 15 is 0 Å². The molecule has 2 aromatic heterocycles. The Morgan fingerprint density at radius 3 is 2.44 bits per heavy atom. The monoisotopic (exact) mass is 340 g/mol. The number of aromatic nitrogens is 3. The molecular weight excluding hydrogens is 316 g/mol. The molecule has 2 unspecified atom stereocenters. The standard InChI is InChI=1S/C18H24N6O/c1-12-16(13(2)23-22-12)6-8-24(3)18(25)15-10-20-17(21-11-15)14-5-4-7-19-9-14/h4-5,7,9-13,16,22-23H,6,8H2,1-3H3. The first-order valence-electron chi connectivity index (χ1n) is 8.55. The number of carbonyl (C=O) groups is 1. The van der Waals surface area contributed by atoms with Gasteiger partial charge in [-0.15, -0.1) is 0 Å². The van der Waals surface area contributed by atoms with Crippen LogP contribution in [0.4, 0.5) is 0 Å². The number of pyridine rings is 1. The third-order valence-electron chi connectivity index (χ3n) is 4.79. The maximum Gasteiger partial charge on any atom is 0.256 e. The molecule has 3 heterocycles. The van der Waals surface area contributed by atoms with Crippen LogP contribution >= 0.6 is 0 Å². The molecule has 2 N–H and O–H groups in total. The van der Waals surface area contributed by atoms with Crippen LogP contribution in [0.2, 0.25) is 0 Å². The van der Waals surface area contributed by atoms with E-state index in [0.717, 1.165) is 12.0 Å². The van der Waals surface area contributed by atoms with E-state index in [2.05, 4.69) is 39.7 Å². The number of rotatable bonds is 5. The Labute approximate surface area is 147 Å². The van der Waals surface area contributed by atoms with Gasteiger partial charge in [0.05, 0.1) is 5.56 Å². The van der Waals surface area contributed by atoms with E-state index in [9.17, 15) is 4.79 Å². The summed E-state index contributed by atoms with van der Waals surface area (Å²) in [4.78, 5) is 26.9. The predicted molar refractivity (Wildman–Crippen MR) is 95.5 cm³/mol. The molecule has 7 heteroatoms. The van der Waals surface area contributed by atoms with Crippen molar-refractivity contribution in [1.29, 1.82) is 0 Å². The highest BCUT2D eigenvalue weighted by Crippen LogP contribution is 2.19. The first-order chi connectivity index (χ1) is 12.1. The van der Waals surface area contributed by atoms with Crippen molar-refractivity contribution in [3.63, 3.8) is 0 Å². The van der Waals surface area contributed by atoms with Gasteiger partial charge in [-0.1, -0.05) is 0 Å². The Kier molecular flexibility index (Phi) is 5.35. The van der Waals surface area contributed by atoms with Crippen LogP contribution in [0.1, 0.15) is 30.6 Å². The summed E-state index contributed by atoms with van der Waals surface area (Å²) in [5.74, 6) is 1.01. The fourth-order valence-electron chi connectivity index (χ4n) is 3.16. The largest absolute Gasteiger partial charge is 0.342 e. The molecule has 2 atom stereocenters. The zero-order valence-corrected chi connectivity index (χ0v) is 14.8. The van der Waals surface area contributed by atoms with Crippen LogP contribution in [0.25, 0.3) is 11.4 Å². The molecule has 0 spiro atoms. The zero-order valence-electron chi connectivity index (χ0n) is 14.8. The number of nitrogens with one attached hydrogen (secondary N) is 2. The van der Waals surface area contributed by atoms with Crippen molar-refractivity contribution in [3.05, 3.63) is 42.5 Å². The van der Waals surface area contributed by atoms with Crippen LogP contribution < -0.4 is 10.9 Å². The molecule has 1 amide bonds. The molecule has 7 nitrogen and oxygen atoms in total. The third kappa shape index (κ3) is 4.00. The normalized spacial score (nSPS) is 22.8. The first-order valence-corrected chi connectivity index (χ1v) is 8.55. The molecule has 1 aliphatic rings. The molecule has 0 bridgehead atoms. The molecule has 132 valence electrons. The van der Waals surface area contributed by atoms with Gasteiger partial charge >= 0.3 is 0 Å². The quantitative estimate of drug-likeness (QED) is 0.858. The van der Waals surface area contributed by atoms with E-state index < -0.39 is 0 Å².